The van der Waals surface area contributed by atoms with E-state index in [-0.39, 0.29) is 22.7 Å². The van der Waals surface area contributed by atoms with E-state index in [9.17, 15) is 4.79 Å². The van der Waals surface area contributed by atoms with Crippen LogP contribution in [0.2, 0.25) is 0 Å². The minimum absolute atomic E-state index is 0.113. The fraction of sp³-hybridized carbons (Fsp3) is 0.683. The van der Waals surface area contributed by atoms with Crippen molar-refractivity contribution in [3.05, 3.63) is 65.2 Å². The number of ether oxygens (including phenoxy) is 1. The molecule has 0 bridgehead atoms. The van der Waals surface area contributed by atoms with Crippen LogP contribution in [0, 0.1) is 27.6 Å². The lowest BCUT2D eigenvalue weighted by molar-refractivity contribution is -0.182. The highest BCUT2D eigenvalue weighted by Crippen LogP contribution is 2.63. The maximum Gasteiger partial charge on any atom is 0.314 e. The van der Waals surface area contributed by atoms with Gasteiger partial charge < -0.3 is 15.4 Å². The van der Waals surface area contributed by atoms with E-state index in [0.717, 1.165) is 36.2 Å². The summed E-state index contributed by atoms with van der Waals surface area (Å²) in [6.45, 7) is 27.1. The average Bonchev–Trinajstić information content (AvgIpc) is 3.03. The quantitative estimate of drug-likeness (QED) is 0.0574. The Balaban J connectivity index is 2.43. The number of unbranched alkanes of at least 4 members (excludes halogenated alkanes) is 1. The molecule has 6 heteroatoms. The van der Waals surface area contributed by atoms with Gasteiger partial charge in [0, 0.05) is 17.8 Å². The molecular formula is C41H67BN2O2S. The van der Waals surface area contributed by atoms with Gasteiger partial charge in [0.25, 0.3) is 0 Å². The van der Waals surface area contributed by atoms with Gasteiger partial charge in [0.2, 0.25) is 0 Å². The Kier molecular flexibility index (Phi) is 15.2. The molecule has 2 aromatic rings. The smallest absolute Gasteiger partial charge is 0.314 e. The van der Waals surface area contributed by atoms with Gasteiger partial charge in [-0.05, 0) is 92.0 Å². The van der Waals surface area contributed by atoms with Gasteiger partial charge in [0.15, 0.2) is 0 Å². The Morgan fingerprint density at radius 1 is 0.936 bits per heavy atom. The Labute approximate surface area is 296 Å². The van der Waals surface area contributed by atoms with Gasteiger partial charge in [0.1, 0.15) is 7.85 Å². The van der Waals surface area contributed by atoms with E-state index in [2.05, 4.69) is 124 Å². The summed E-state index contributed by atoms with van der Waals surface area (Å²) in [7, 11) is 8.06. The Morgan fingerprint density at radius 3 is 2.11 bits per heavy atom. The lowest BCUT2D eigenvalue weighted by Gasteiger charge is -2.60. The second kappa shape index (κ2) is 17.3. The first-order chi connectivity index (χ1) is 21.8. The number of hydrogen-bond donors (Lipinski definition) is 3. The van der Waals surface area contributed by atoms with E-state index in [1.807, 2.05) is 31.3 Å². The Bertz CT molecular complexity index is 1260. The molecule has 0 saturated heterocycles. The van der Waals surface area contributed by atoms with Crippen LogP contribution in [0.15, 0.2) is 48.5 Å². The average molecular weight is 663 g/mol. The molecule has 0 heterocycles. The fourth-order valence-electron chi connectivity index (χ4n) is 7.32. The van der Waals surface area contributed by atoms with Crippen LogP contribution in [0.4, 0.5) is 0 Å². The van der Waals surface area contributed by atoms with Crippen molar-refractivity contribution in [2.45, 2.75) is 132 Å². The van der Waals surface area contributed by atoms with E-state index < -0.39 is 16.4 Å². The van der Waals surface area contributed by atoms with Gasteiger partial charge in [-0.25, -0.2) is 0 Å². The molecular weight excluding hydrogens is 595 g/mol. The third-order valence-electron chi connectivity index (χ3n) is 12.7. The normalized spacial score (nSPS) is 15.6. The maximum atomic E-state index is 14.5. The van der Waals surface area contributed by atoms with Crippen LogP contribution < -0.4 is 16.1 Å². The summed E-state index contributed by atoms with van der Waals surface area (Å²) in [5.74, 6) is 1.36. The lowest BCUT2D eigenvalue weighted by atomic mass is 9.44. The van der Waals surface area contributed by atoms with E-state index in [4.69, 9.17) is 12.6 Å². The third-order valence-corrected chi connectivity index (χ3v) is 13.1. The molecule has 0 aliphatic heterocycles. The predicted molar refractivity (Wildman–Crippen MR) is 207 cm³/mol. The molecule has 2 radical (unpaired) electrons. The number of thiol groups is 1. The minimum Gasteiger partial charge on any atom is -0.465 e. The largest absolute Gasteiger partial charge is 0.465 e. The summed E-state index contributed by atoms with van der Waals surface area (Å²) in [6.07, 6.45) is 5.43. The standard InChI is InChI=1S/C41H67BN2O2S/c1-13-14-18-30(2)37(3,4)27-34(32-23-21-31(29-47)22-24-32)38(5,6)39(7,8)41(11,40(9,10)43-12)36(45)46-26-17-25-44-28-33-19-15-16-20-35(33)42/h15-16,19-24,30,34,43-44,47H,13-14,17-18,25-29H2,1-12H3. The van der Waals surface area contributed by atoms with Crippen molar-refractivity contribution >= 4 is 31.9 Å². The van der Waals surface area contributed by atoms with Crippen molar-refractivity contribution in [2.24, 2.45) is 27.6 Å². The first kappa shape index (κ1) is 41.4. The van der Waals surface area contributed by atoms with Crippen LogP contribution in [0.1, 0.15) is 131 Å². The number of carbonyl (C=O) groups excluding carboxylic acids is 1. The number of benzene rings is 2. The van der Waals surface area contributed by atoms with Gasteiger partial charge in [-0.15, -0.1) is 0 Å². The number of carbonyl (C=O) groups is 1. The number of esters is 1. The van der Waals surface area contributed by atoms with Crippen molar-refractivity contribution in [3.8, 4) is 0 Å². The minimum atomic E-state index is -0.856. The van der Waals surface area contributed by atoms with Crippen molar-refractivity contribution in [2.75, 3.05) is 20.2 Å². The van der Waals surface area contributed by atoms with Crippen LogP contribution in [0.3, 0.4) is 0 Å². The summed E-state index contributed by atoms with van der Waals surface area (Å²) < 4.78 is 6.20. The summed E-state index contributed by atoms with van der Waals surface area (Å²) in [4.78, 5) is 14.5. The zero-order valence-electron chi connectivity index (χ0n) is 32.0. The van der Waals surface area contributed by atoms with E-state index in [1.165, 1.54) is 30.4 Å². The molecule has 0 fully saturated rings. The molecule has 0 spiro atoms. The molecule has 0 aliphatic carbocycles. The van der Waals surface area contributed by atoms with Crippen LogP contribution >= 0.6 is 12.6 Å². The fourth-order valence-corrected chi connectivity index (χ4v) is 7.53. The Hall–Kier alpha value is -1.76. The predicted octanol–water partition coefficient (Wildman–Crippen LogP) is 9.02. The monoisotopic (exact) mass is 663 g/mol. The van der Waals surface area contributed by atoms with Crippen LogP contribution in [-0.2, 0) is 21.8 Å². The first-order valence-electron chi connectivity index (χ1n) is 17.9. The van der Waals surface area contributed by atoms with Crippen molar-refractivity contribution in [1.29, 1.82) is 0 Å². The molecule has 3 unspecified atom stereocenters. The summed E-state index contributed by atoms with van der Waals surface area (Å²) in [5.41, 5.74) is 2.35. The molecule has 2 aromatic carbocycles. The zero-order valence-corrected chi connectivity index (χ0v) is 32.9. The molecule has 0 saturated carbocycles. The molecule has 2 rings (SSSR count). The van der Waals surface area contributed by atoms with Gasteiger partial charge in [-0.3, -0.25) is 4.79 Å². The molecule has 0 amide bonds. The zero-order chi connectivity index (χ0) is 35.7. The number of nitrogens with one attached hydrogen (secondary N) is 2. The van der Waals surface area contributed by atoms with E-state index in [0.29, 0.717) is 19.1 Å². The van der Waals surface area contributed by atoms with Crippen LogP contribution in [-0.4, -0.2) is 39.6 Å². The molecule has 0 aromatic heterocycles. The molecule has 262 valence electrons. The third kappa shape index (κ3) is 9.48. The summed E-state index contributed by atoms with van der Waals surface area (Å²) in [5, 5.41) is 6.97. The molecule has 3 atom stereocenters. The van der Waals surface area contributed by atoms with Gasteiger partial charge >= 0.3 is 5.97 Å². The second-order valence-corrected chi connectivity index (χ2v) is 16.7. The van der Waals surface area contributed by atoms with Gasteiger partial charge in [-0.1, -0.05) is 129 Å². The van der Waals surface area contributed by atoms with Crippen LogP contribution in [0.25, 0.3) is 0 Å². The topological polar surface area (TPSA) is 50.4 Å². The van der Waals surface area contributed by atoms with Gasteiger partial charge in [0.05, 0.1) is 12.0 Å². The molecule has 4 nitrogen and oxygen atoms in total. The van der Waals surface area contributed by atoms with Gasteiger partial charge in [-0.2, -0.15) is 12.6 Å². The molecule has 47 heavy (non-hydrogen) atoms. The highest BCUT2D eigenvalue weighted by molar-refractivity contribution is 7.79. The number of rotatable bonds is 20. The van der Waals surface area contributed by atoms with Crippen molar-refractivity contribution in [1.82, 2.24) is 10.6 Å². The highest BCUT2D eigenvalue weighted by Gasteiger charge is 2.64. The molecule has 2 N–H and O–H groups in total. The van der Waals surface area contributed by atoms with Crippen molar-refractivity contribution in [3.63, 3.8) is 0 Å². The summed E-state index contributed by atoms with van der Waals surface area (Å²) in [6, 6.07) is 16.9. The lowest BCUT2D eigenvalue weighted by Crippen LogP contribution is -2.66. The summed E-state index contributed by atoms with van der Waals surface area (Å²) >= 11 is 4.53. The SMILES string of the molecule is [B]c1ccccc1CNCCCOC(=O)C(C)(C(C)(C)NC)C(C)(C)C(C)(C)C(CC(C)(C)C(C)CCCC)c1ccc(CS)cc1. The number of hydrogen-bond acceptors (Lipinski definition) is 5. The maximum absolute atomic E-state index is 14.5. The highest BCUT2D eigenvalue weighted by atomic mass is 32.1. The van der Waals surface area contributed by atoms with Crippen molar-refractivity contribution < 1.29 is 9.53 Å². The molecule has 0 aliphatic rings. The Morgan fingerprint density at radius 2 is 1.55 bits per heavy atom. The first-order valence-corrected chi connectivity index (χ1v) is 18.6. The van der Waals surface area contributed by atoms with Crippen LogP contribution in [0.5, 0.6) is 0 Å². The van der Waals surface area contributed by atoms with E-state index >= 15 is 0 Å². The second-order valence-electron chi connectivity index (χ2n) is 16.4. The van der Waals surface area contributed by atoms with E-state index in [1.54, 1.807) is 0 Å².